The number of aromatic nitrogens is 2. The van der Waals surface area contributed by atoms with Crippen molar-refractivity contribution in [2.45, 2.75) is 0 Å². The topological polar surface area (TPSA) is 146 Å². The zero-order valence-corrected chi connectivity index (χ0v) is 15.1. The number of carbonyl (C=O) groups excluding carboxylic acids is 2. The Kier molecular flexibility index (Phi) is 6.49. The minimum Gasteiger partial charge on any atom is -0.481 e. The zero-order valence-electron chi connectivity index (χ0n) is 14.3. The van der Waals surface area contributed by atoms with Gasteiger partial charge in [0.15, 0.2) is 0 Å². The van der Waals surface area contributed by atoms with Crippen LogP contribution in [-0.2, 0) is 14.8 Å². The van der Waals surface area contributed by atoms with Crippen LogP contribution >= 0.6 is 0 Å². The quantitative estimate of drug-likeness (QED) is 0.648. The number of ether oxygens (including phenoxy) is 3. The molecule has 2 aromatic rings. The van der Waals surface area contributed by atoms with Crippen LogP contribution in [0.4, 0.5) is 10.7 Å². The van der Waals surface area contributed by atoms with E-state index in [9.17, 15) is 18.0 Å². The van der Waals surface area contributed by atoms with E-state index in [1.165, 1.54) is 32.4 Å². The second-order valence-corrected chi connectivity index (χ2v) is 6.53. The van der Waals surface area contributed by atoms with Gasteiger partial charge in [0.1, 0.15) is 0 Å². The highest BCUT2D eigenvalue weighted by Gasteiger charge is 2.19. The molecule has 0 saturated heterocycles. The third-order valence-electron chi connectivity index (χ3n) is 2.93. The number of hydrogen-bond acceptors (Lipinski definition) is 9. The molecule has 0 radical (unpaired) electrons. The molecule has 11 nitrogen and oxygen atoms in total. The number of hydrogen-bond donors (Lipinski definition) is 2. The Morgan fingerprint density at radius 1 is 1.04 bits per heavy atom. The summed E-state index contributed by atoms with van der Waals surface area (Å²) in [7, 11) is -1.57. The lowest BCUT2D eigenvalue weighted by Gasteiger charge is -2.10. The fourth-order valence-corrected chi connectivity index (χ4v) is 2.41. The molecule has 0 aliphatic carbocycles. The van der Waals surface area contributed by atoms with Crippen LogP contribution < -0.4 is 19.5 Å². The zero-order chi connectivity index (χ0) is 19.9. The standard InChI is InChI=1S/C15H16N4O7S/c1-24-11-8-12(25-2)17-14(16-11)18-15(21)19-27(22,23)9-26-13(20)10-6-4-3-5-7-10/h3-8H,9H2,1-2H3,(H2,16,17,18,19,21). The Morgan fingerprint density at radius 2 is 1.63 bits per heavy atom. The summed E-state index contributed by atoms with van der Waals surface area (Å²) >= 11 is 0. The molecule has 1 aromatic carbocycles. The normalized spacial score (nSPS) is 10.6. The molecular weight excluding hydrogens is 380 g/mol. The third-order valence-corrected chi connectivity index (χ3v) is 3.85. The Hall–Kier alpha value is -3.41. The van der Waals surface area contributed by atoms with Gasteiger partial charge in [-0.1, -0.05) is 18.2 Å². The Morgan fingerprint density at radius 3 is 2.19 bits per heavy atom. The molecule has 0 aliphatic rings. The van der Waals surface area contributed by atoms with Gasteiger partial charge in [0.2, 0.25) is 23.6 Å². The number of nitrogens with one attached hydrogen (secondary N) is 2. The van der Waals surface area contributed by atoms with Gasteiger partial charge in [0.05, 0.1) is 25.8 Å². The maximum absolute atomic E-state index is 11.9. The van der Waals surface area contributed by atoms with Crippen LogP contribution in [0.15, 0.2) is 36.4 Å². The Bertz CT molecular complexity index is 897. The first-order valence-electron chi connectivity index (χ1n) is 7.33. The third kappa shape index (κ3) is 6.11. The van der Waals surface area contributed by atoms with Gasteiger partial charge in [-0.3, -0.25) is 5.32 Å². The molecule has 0 atom stereocenters. The molecule has 27 heavy (non-hydrogen) atoms. The monoisotopic (exact) mass is 396 g/mol. The second kappa shape index (κ2) is 8.80. The minimum atomic E-state index is -4.26. The van der Waals surface area contributed by atoms with Gasteiger partial charge in [-0.25, -0.2) is 22.7 Å². The number of anilines is 1. The summed E-state index contributed by atoms with van der Waals surface area (Å²) < 4.78 is 39.9. The molecule has 144 valence electrons. The molecule has 0 spiro atoms. The van der Waals surface area contributed by atoms with Crippen LogP contribution in [0.2, 0.25) is 0 Å². The van der Waals surface area contributed by atoms with Crippen LogP contribution in [0.3, 0.4) is 0 Å². The minimum absolute atomic E-state index is 0.0943. The van der Waals surface area contributed by atoms with E-state index < -0.39 is 28.0 Å². The average molecular weight is 396 g/mol. The molecule has 0 aliphatic heterocycles. The highest BCUT2D eigenvalue weighted by Crippen LogP contribution is 2.17. The molecule has 2 amide bonds. The summed E-state index contributed by atoms with van der Waals surface area (Å²) in [5.41, 5.74) is 0.175. The maximum Gasteiger partial charge on any atom is 0.339 e. The number of sulfonamides is 1. The van der Waals surface area contributed by atoms with Gasteiger partial charge >= 0.3 is 12.0 Å². The fraction of sp³-hybridized carbons (Fsp3) is 0.200. The molecule has 2 N–H and O–H groups in total. The Balaban J connectivity index is 1.95. The summed E-state index contributed by atoms with van der Waals surface area (Å²) in [4.78, 5) is 31.2. The summed E-state index contributed by atoms with van der Waals surface area (Å²) in [5.74, 6) is -1.95. The van der Waals surface area contributed by atoms with Gasteiger partial charge in [-0.15, -0.1) is 0 Å². The van der Waals surface area contributed by atoms with E-state index in [2.05, 4.69) is 20.0 Å². The van der Waals surface area contributed by atoms with Gasteiger partial charge in [-0.2, -0.15) is 9.97 Å². The van der Waals surface area contributed by atoms with Crippen molar-refractivity contribution in [3.8, 4) is 11.8 Å². The van der Waals surface area contributed by atoms with Gasteiger partial charge in [0.25, 0.3) is 10.0 Å². The largest absolute Gasteiger partial charge is 0.481 e. The number of carbonyl (C=O) groups is 2. The molecule has 0 bridgehead atoms. The van der Waals surface area contributed by atoms with Crippen LogP contribution in [0.1, 0.15) is 10.4 Å². The summed E-state index contributed by atoms with van der Waals surface area (Å²) in [6.45, 7) is 0. The summed E-state index contributed by atoms with van der Waals surface area (Å²) in [6, 6.07) is 8.02. The Labute approximate surface area is 154 Å². The van der Waals surface area contributed by atoms with Crippen molar-refractivity contribution in [3.63, 3.8) is 0 Å². The van der Waals surface area contributed by atoms with E-state index in [0.29, 0.717) is 0 Å². The number of methoxy groups -OCH3 is 2. The van der Waals surface area contributed by atoms with Crippen molar-refractivity contribution in [1.29, 1.82) is 0 Å². The highest BCUT2D eigenvalue weighted by atomic mass is 32.2. The first-order chi connectivity index (χ1) is 12.8. The lowest BCUT2D eigenvalue weighted by molar-refractivity contribution is 0.0570. The molecule has 2 rings (SSSR count). The number of amides is 2. The van der Waals surface area contributed by atoms with E-state index in [-0.39, 0.29) is 23.3 Å². The van der Waals surface area contributed by atoms with Crippen molar-refractivity contribution in [2.75, 3.05) is 25.5 Å². The second-order valence-electron chi connectivity index (χ2n) is 4.86. The van der Waals surface area contributed by atoms with Gasteiger partial charge in [-0.05, 0) is 12.1 Å². The molecule has 0 fully saturated rings. The van der Waals surface area contributed by atoms with Crippen molar-refractivity contribution >= 4 is 28.0 Å². The van der Waals surface area contributed by atoms with E-state index in [4.69, 9.17) is 9.47 Å². The number of esters is 1. The molecule has 0 saturated carbocycles. The molecular formula is C15H16N4O7S. The molecule has 12 heteroatoms. The van der Waals surface area contributed by atoms with Crippen LogP contribution in [-0.4, -0.2) is 50.5 Å². The SMILES string of the molecule is COc1cc(OC)nc(NC(=O)NS(=O)(=O)COC(=O)c2ccccc2)n1. The summed E-state index contributed by atoms with van der Waals surface area (Å²) in [6.07, 6.45) is 0. The first kappa shape index (κ1) is 19.9. The smallest absolute Gasteiger partial charge is 0.339 e. The highest BCUT2D eigenvalue weighted by molar-refractivity contribution is 7.89. The van der Waals surface area contributed by atoms with Crippen molar-refractivity contribution < 1.29 is 32.2 Å². The van der Waals surface area contributed by atoms with Crippen LogP contribution in [0.25, 0.3) is 0 Å². The molecule has 1 heterocycles. The predicted molar refractivity (Wildman–Crippen MR) is 92.9 cm³/mol. The van der Waals surface area contributed by atoms with Crippen LogP contribution in [0, 0.1) is 0 Å². The van der Waals surface area contributed by atoms with E-state index in [1.807, 2.05) is 0 Å². The first-order valence-corrected chi connectivity index (χ1v) is 8.99. The number of urea groups is 1. The molecule has 1 aromatic heterocycles. The number of benzene rings is 1. The lowest BCUT2D eigenvalue weighted by atomic mass is 10.2. The average Bonchev–Trinajstić information content (AvgIpc) is 2.65. The van der Waals surface area contributed by atoms with Crippen LogP contribution in [0.5, 0.6) is 11.8 Å². The lowest BCUT2D eigenvalue weighted by Crippen LogP contribution is -2.37. The van der Waals surface area contributed by atoms with Crippen molar-refractivity contribution in [2.24, 2.45) is 0 Å². The summed E-state index contributed by atoms with van der Waals surface area (Å²) in [5, 5.41) is 2.11. The van der Waals surface area contributed by atoms with E-state index in [0.717, 1.165) is 0 Å². The van der Waals surface area contributed by atoms with E-state index >= 15 is 0 Å². The van der Waals surface area contributed by atoms with Gasteiger partial charge in [0, 0.05) is 0 Å². The number of rotatable bonds is 7. The predicted octanol–water partition coefficient (Wildman–Crippen LogP) is 0.760. The number of nitrogens with zero attached hydrogens (tertiary/aromatic N) is 2. The van der Waals surface area contributed by atoms with Crippen molar-refractivity contribution in [1.82, 2.24) is 14.7 Å². The van der Waals surface area contributed by atoms with E-state index in [1.54, 1.807) is 22.9 Å². The van der Waals surface area contributed by atoms with Crippen molar-refractivity contribution in [3.05, 3.63) is 42.0 Å². The molecule has 0 unspecified atom stereocenters. The maximum atomic E-state index is 11.9. The van der Waals surface area contributed by atoms with Gasteiger partial charge < -0.3 is 14.2 Å². The fourth-order valence-electron chi connectivity index (χ4n) is 1.76.